The second kappa shape index (κ2) is 7.77. The van der Waals surface area contributed by atoms with Gasteiger partial charge < -0.3 is 15.4 Å². The number of carbonyl (C=O) groups excluding carboxylic acids is 1. The first-order valence-corrected chi connectivity index (χ1v) is 8.31. The zero-order valence-corrected chi connectivity index (χ0v) is 14.8. The van der Waals surface area contributed by atoms with Crippen LogP contribution in [0.1, 0.15) is 24.8 Å². The van der Waals surface area contributed by atoms with Gasteiger partial charge in [0, 0.05) is 35.4 Å². The minimum Gasteiger partial charge on any atom is -0.378 e. The van der Waals surface area contributed by atoms with Crippen molar-refractivity contribution in [2.45, 2.75) is 30.7 Å². The first kappa shape index (κ1) is 17.7. The Morgan fingerprint density at radius 3 is 2.91 bits per heavy atom. The molecule has 2 N–H and O–H groups in total. The number of halogens is 2. The Bertz CT molecular complexity index is 517. The van der Waals surface area contributed by atoms with Crippen LogP contribution < -0.4 is 10.6 Å². The normalized spacial score (nSPS) is 22.5. The third-order valence-corrected chi connectivity index (χ3v) is 4.84. The number of hydrogen-bond acceptors (Lipinski definition) is 3. The van der Waals surface area contributed by atoms with Crippen LogP contribution in [0.5, 0.6) is 0 Å². The Morgan fingerprint density at radius 1 is 1.45 bits per heavy atom. The van der Waals surface area contributed by atoms with Crippen LogP contribution >= 0.6 is 28.3 Å². The van der Waals surface area contributed by atoms with E-state index in [1.54, 1.807) is 0 Å². The molecule has 0 radical (unpaired) electrons. The molecule has 1 unspecified atom stereocenters. The highest BCUT2D eigenvalue weighted by atomic mass is 79.9. The van der Waals surface area contributed by atoms with E-state index in [0.717, 1.165) is 37.0 Å². The molecule has 1 aliphatic heterocycles. The number of hydrogen-bond donors (Lipinski definition) is 2. The van der Waals surface area contributed by atoms with Crippen molar-refractivity contribution in [3.63, 3.8) is 0 Å². The summed E-state index contributed by atoms with van der Waals surface area (Å²) in [5.41, 5.74) is 1.46. The van der Waals surface area contributed by atoms with E-state index in [0.29, 0.717) is 13.0 Å². The molecule has 22 heavy (non-hydrogen) atoms. The molecule has 0 aromatic heterocycles. The molecule has 3 rings (SSSR count). The quantitative estimate of drug-likeness (QED) is 0.813. The van der Waals surface area contributed by atoms with Gasteiger partial charge in [0.2, 0.25) is 5.91 Å². The summed E-state index contributed by atoms with van der Waals surface area (Å²) < 4.78 is 6.47. The molecule has 4 nitrogen and oxygen atoms in total. The van der Waals surface area contributed by atoms with E-state index < -0.39 is 0 Å². The molecular weight excluding hydrogens is 368 g/mol. The van der Waals surface area contributed by atoms with Crippen LogP contribution in [0.3, 0.4) is 0 Å². The molecular formula is C16H22BrClN2O2. The number of carbonyl (C=O) groups is 1. The zero-order valence-electron chi connectivity index (χ0n) is 12.4. The van der Waals surface area contributed by atoms with Crippen molar-refractivity contribution in [1.29, 1.82) is 0 Å². The van der Waals surface area contributed by atoms with Crippen LogP contribution in [-0.2, 0) is 14.9 Å². The highest BCUT2D eigenvalue weighted by Gasteiger charge is 2.44. The Morgan fingerprint density at radius 2 is 2.27 bits per heavy atom. The van der Waals surface area contributed by atoms with Crippen molar-refractivity contribution in [2.75, 3.05) is 26.3 Å². The van der Waals surface area contributed by atoms with Gasteiger partial charge in [-0.1, -0.05) is 28.1 Å². The van der Waals surface area contributed by atoms with Gasteiger partial charge >= 0.3 is 0 Å². The summed E-state index contributed by atoms with van der Waals surface area (Å²) in [6, 6.07) is 8.56. The first-order valence-electron chi connectivity index (χ1n) is 7.52. The lowest BCUT2D eigenvalue weighted by Crippen LogP contribution is -2.45. The van der Waals surface area contributed by atoms with Gasteiger partial charge in [-0.2, -0.15) is 0 Å². The Labute approximate surface area is 145 Å². The largest absolute Gasteiger partial charge is 0.378 e. The molecule has 2 aliphatic rings. The molecule has 0 spiro atoms. The van der Waals surface area contributed by atoms with Gasteiger partial charge in [0.15, 0.2) is 0 Å². The fourth-order valence-corrected chi connectivity index (χ4v) is 3.25. The summed E-state index contributed by atoms with van der Waals surface area (Å²) in [5, 5.41) is 6.41. The van der Waals surface area contributed by atoms with Crippen molar-refractivity contribution in [3.8, 4) is 0 Å². The van der Waals surface area contributed by atoms with Crippen LogP contribution in [0.15, 0.2) is 28.7 Å². The second-order valence-corrected chi connectivity index (χ2v) is 6.91. The predicted molar refractivity (Wildman–Crippen MR) is 92.5 cm³/mol. The molecule has 1 aromatic carbocycles. The van der Waals surface area contributed by atoms with Crippen LogP contribution in [0.2, 0.25) is 0 Å². The molecule has 1 aliphatic carbocycles. The van der Waals surface area contributed by atoms with Crippen LogP contribution in [0.4, 0.5) is 0 Å². The smallest absolute Gasteiger partial charge is 0.221 e. The molecule has 6 heteroatoms. The van der Waals surface area contributed by atoms with E-state index in [4.69, 9.17) is 4.74 Å². The van der Waals surface area contributed by atoms with Gasteiger partial charge in [-0.05, 0) is 30.5 Å². The molecule has 122 valence electrons. The topological polar surface area (TPSA) is 50.4 Å². The molecule has 2 fully saturated rings. The number of amides is 1. The Kier molecular flexibility index (Phi) is 6.26. The van der Waals surface area contributed by atoms with E-state index in [-0.39, 0.29) is 29.8 Å². The fraction of sp³-hybridized carbons (Fsp3) is 0.562. The van der Waals surface area contributed by atoms with Crippen LogP contribution in [0.25, 0.3) is 0 Å². The molecule has 1 heterocycles. The maximum Gasteiger partial charge on any atom is 0.221 e. The fourth-order valence-electron chi connectivity index (χ4n) is 2.85. The average Bonchev–Trinajstić information content (AvgIpc) is 3.28. The number of rotatable bonds is 5. The Hall–Kier alpha value is -0.620. The highest BCUT2D eigenvalue weighted by molar-refractivity contribution is 9.10. The first-order chi connectivity index (χ1) is 10.2. The molecule has 1 aromatic rings. The average molecular weight is 390 g/mol. The molecule has 1 saturated carbocycles. The summed E-state index contributed by atoms with van der Waals surface area (Å²) in [6.45, 7) is 2.93. The van der Waals surface area contributed by atoms with Crippen molar-refractivity contribution < 1.29 is 9.53 Å². The van der Waals surface area contributed by atoms with Gasteiger partial charge in [0.1, 0.15) is 0 Å². The SMILES string of the molecule is Cl.O=C(CC1COCCN1)NCC1(c2cccc(Br)c2)CC1. The molecule has 1 amide bonds. The van der Waals surface area contributed by atoms with Gasteiger partial charge in [-0.25, -0.2) is 0 Å². The summed E-state index contributed by atoms with van der Waals surface area (Å²) in [6.07, 6.45) is 2.79. The van der Waals surface area contributed by atoms with E-state index in [1.807, 2.05) is 6.07 Å². The minimum atomic E-state index is 0. The standard InChI is InChI=1S/C16H21BrN2O2.ClH/c17-13-3-1-2-12(8-13)16(4-5-16)11-19-15(20)9-14-10-21-7-6-18-14;/h1-3,8,14,18H,4-7,9-11H2,(H,19,20);1H. The van der Waals surface area contributed by atoms with Crippen molar-refractivity contribution in [3.05, 3.63) is 34.3 Å². The monoisotopic (exact) mass is 388 g/mol. The van der Waals surface area contributed by atoms with E-state index in [2.05, 4.69) is 44.8 Å². The van der Waals surface area contributed by atoms with Crippen LogP contribution in [0, 0.1) is 0 Å². The van der Waals surface area contributed by atoms with Gasteiger partial charge in [0.25, 0.3) is 0 Å². The summed E-state index contributed by atoms with van der Waals surface area (Å²) in [7, 11) is 0. The van der Waals surface area contributed by atoms with Gasteiger partial charge in [0.05, 0.1) is 13.2 Å². The number of nitrogens with one attached hydrogen (secondary N) is 2. The second-order valence-electron chi connectivity index (χ2n) is 6.00. The number of morpholine rings is 1. The van der Waals surface area contributed by atoms with Crippen molar-refractivity contribution >= 4 is 34.2 Å². The van der Waals surface area contributed by atoms with Crippen LogP contribution in [-0.4, -0.2) is 38.3 Å². The van der Waals surface area contributed by atoms with Crippen molar-refractivity contribution in [2.24, 2.45) is 0 Å². The highest BCUT2D eigenvalue weighted by Crippen LogP contribution is 2.48. The number of benzene rings is 1. The molecule has 1 saturated heterocycles. The zero-order chi connectivity index (χ0) is 14.7. The maximum absolute atomic E-state index is 12.1. The van der Waals surface area contributed by atoms with E-state index in [9.17, 15) is 4.79 Å². The minimum absolute atomic E-state index is 0. The molecule has 1 atom stereocenters. The summed E-state index contributed by atoms with van der Waals surface area (Å²) in [4.78, 5) is 12.1. The maximum atomic E-state index is 12.1. The third-order valence-electron chi connectivity index (χ3n) is 4.34. The Balaban J connectivity index is 0.00000176. The lowest BCUT2D eigenvalue weighted by molar-refractivity contribution is -0.122. The predicted octanol–water partition coefficient (Wildman–Crippen LogP) is 2.40. The molecule has 0 bridgehead atoms. The van der Waals surface area contributed by atoms with Crippen molar-refractivity contribution in [1.82, 2.24) is 10.6 Å². The van der Waals surface area contributed by atoms with E-state index >= 15 is 0 Å². The third kappa shape index (κ3) is 4.44. The summed E-state index contributed by atoms with van der Waals surface area (Å²) >= 11 is 3.52. The lowest BCUT2D eigenvalue weighted by atomic mass is 9.96. The number of ether oxygens (including phenoxy) is 1. The van der Waals surface area contributed by atoms with E-state index in [1.165, 1.54) is 5.56 Å². The van der Waals surface area contributed by atoms with Gasteiger partial charge in [-0.15, -0.1) is 12.4 Å². The summed E-state index contributed by atoms with van der Waals surface area (Å²) in [5.74, 6) is 0.110. The van der Waals surface area contributed by atoms with Gasteiger partial charge in [-0.3, -0.25) is 4.79 Å². The lowest BCUT2D eigenvalue weighted by Gasteiger charge is -2.24.